The van der Waals surface area contributed by atoms with E-state index in [9.17, 15) is 0 Å². The molecule has 2 aromatic rings. The molecule has 2 aromatic carbocycles. The molecule has 5 heteroatoms. The highest BCUT2D eigenvalue weighted by Gasteiger charge is 2.49. The molecule has 1 atom stereocenters. The van der Waals surface area contributed by atoms with Crippen LogP contribution in [0.15, 0.2) is 36.4 Å². The standard InChI is InChI=1S/C29H37FO2S2/c1-3-4-16-31-26-15-14-24-19-25(29(32-28(24)27(26)30)33-17-5-18-34-29)23-12-10-22(11-13-23)21-8-6-20(2)7-9-21/h10-15,20-21,25H,3-9,16-19H2,1-2H3. The third-order valence-electron chi connectivity index (χ3n) is 7.72. The molecule has 2 aliphatic heterocycles. The topological polar surface area (TPSA) is 18.5 Å². The van der Waals surface area contributed by atoms with E-state index in [2.05, 4.69) is 38.1 Å². The highest BCUT2D eigenvalue weighted by atomic mass is 32.2. The molecule has 0 amide bonds. The van der Waals surface area contributed by atoms with Crippen molar-refractivity contribution in [1.29, 1.82) is 0 Å². The minimum absolute atomic E-state index is 0.196. The van der Waals surface area contributed by atoms with Crippen molar-refractivity contribution in [2.45, 2.75) is 81.3 Å². The van der Waals surface area contributed by atoms with Gasteiger partial charge in [-0.25, -0.2) is 0 Å². The Bertz CT molecular complexity index is 963. The predicted octanol–water partition coefficient (Wildman–Crippen LogP) is 8.54. The fraction of sp³-hybridized carbons (Fsp3) is 0.586. The van der Waals surface area contributed by atoms with Crippen molar-refractivity contribution in [3.05, 3.63) is 58.9 Å². The molecule has 1 saturated heterocycles. The van der Waals surface area contributed by atoms with Crippen molar-refractivity contribution in [3.63, 3.8) is 0 Å². The average Bonchev–Trinajstić information content (AvgIpc) is 2.87. The summed E-state index contributed by atoms with van der Waals surface area (Å²) in [4.78, 5) is 0. The Kier molecular flexibility index (Phi) is 7.70. The molecular weight excluding hydrogens is 463 g/mol. The summed E-state index contributed by atoms with van der Waals surface area (Å²) in [6.07, 6.45) is 9.20. The van der Waals surface area contributed by atoms with Gasteiger partial charge in [0.05, 0.1) is 6.61 Å². The lowest BCUT2D eigenvalue weighted by molar-refractivity contribution is 0.184. The summed E-state index contributed by atoms with van der Waals surface area (Å²) in [5, 5.41) is 0. The van der Waals surface area contributed by atoms with Gasteiger partial charge < -0.3 is 9.47 Å². The van der Waals surface area contributed by atoms with Crippen LogP contribution < -0.4 is 9.47 Å². The van der Waals surface area contributed by atoms with Crippen molar-refractivity contribution < 1.29 is 13.9 Å². The second-order valence-electron chi connectivity index (χ2n) is 10.2. The maximum Gasteiger partial charge on any atom is 0.208 e. The van der Waals surface area contributed by atoms with Gasteiger partial charge in [-0.2, -0.15) is 4.39 Å². The van der Waals surface area contributed by atoms with E-state index in [1.165, 1.54) is 43.2 Å². The second kappa shape index (κ2) is 10.7. The number of hydrogen-bond acceptors (Lipinski definition) is 4. The number of benzene rings is 2. The molecule has 0 bridgehead atoms. The van der Waals surface area contributed by atoms with Gasteiger partial charge in [0.1, 0.15) is 0 Å². The third-order valence-corrected chi connectivity index (χ3v) is 10.9. The molecule has 0 aromatic heterocycles. The molecular formula is C29H37FO2S2. The van der Waals surface area contributed by atoms with Gasteiger partial charge in [0.15, 0.2) is 11.5 Å². The van der Waals surface area contributed by atoms with Gasteiger partial charge in [-0.1, -0.05) is 63.4 Å². The molecule has 1 unspecified atom stereocenters. The highest BCUT2D eigenvalue weighted by Crippen LogP contribution is 2.57. The van der Waals surface area contributed by atoms with Gasteiger partial charge in [-0.3, -0.25) is 0 Å². The van der Waals surface area contributed by atoms with Crippen LogP contribution >= 0.6 is 23.5 Å². The van der Waals surface area contributed by atoms with Crippen molar-refractivity contribution in [2.75, 3.05) is 18.1 Å². The van der Waals surface area contributed by atoms with E-state index in [1.807, 2.05) is 29.6 Å². The van der Waals surface area contributed by atoms with Gasteiger partial charge in [0, 0.05) is 5.92 Å². The van der Waals surface area contributed by atoms with Crippen molar-refractivity contribution in [3.8, 4) is 11.5 Å². The fourth-order valence-corrected chi connectivity index (χ4v) is 8.84. The zero-order chi connectivity index (χ0) is 23.5. The highest BCUT2D eigenvalue weighted by molar-refractivity contribution is 8.18. The quantitative estimate of drug-likeness (QED) is 0.370. The van der Waals surface area contributed by atoms with Gasteiger partial charge in [-0.15, -0.1) is 23.5 Å². The number of unbranched alkanes of at least 4 members (excludes halogenated alkanes) is 1. The summed E-state index contributed by atoms with van der Waals surface area (Å²) in [7, 11) is 0. The molecule has 34 heavy (non-hydrogen) atoms. The lowest BCUT2D eigenvalue weighted by Crippen LogP contribution is -2.43. The van der Waals surface area contributed by atoms with Crippen LogP contribution in [0.3, 0.4) is 0 Å². The normalized spacial score (nSPS) is 26.0. The molecule has 2 fully saturated rings. The Balaban J connectivity index is 1.41. The number of thioether (sulfide) groups is 2. The van der Waals surface area contributed by atoms with E-state index in [1.54, 1.807) is 6.07 Å². The minimum atomic E-state index is -0.476. The average molecular weight is 501 g/mol. The first-order valence-corrected chi connectivity index (χ1v) is 15.1. The Morgan fingerprint density at radius 2 is 1.71 bits per heavy atom. The summed E-state index contributed by atoms with van der Waals surface area (Å²) < 4.78 is 27.4. The first kappa shape index (κ1) is 24.4. The Morgan fingerprint density at radius 3 is 2.41 bits per heavy atom. The molecule has 2 heterocycles. The van der Waals surface area contributed by atoms with E-state index >= 15 is 4.39 Å². The summed E-state index contributed by atoms with van der Waals surface area (Å²) >= 11 is 3.71. The first-order chi connectivity index (χ1) is 16.6. The first-order valence-electron chi connectivity index (χ1n) is 13.1. The maximum atomic E-state index is 15.5. The Hall–Kier alpha value is -1.33. The van der Waals surface area contributed by atoms with Gasteiger partial charge in [-0.05, 0) is 78.2 Å². The van der Waals surface area contributed by atoms with E-state index in [4.69, 9.17) is 9.47 Å². The predicted molar refractivity (Wildman–Crippen MR) is 143 cm³/mol. The van der Waals surface area contributed by atoms with Crippen LogP contribution in [-0.2, 0) is 6.42 Å². The van der Waals surface area contributed by atoms with Crippen LogP contribution in [-0.4, -0.2) is 22.4 Å². The number of fused-ring (bicyclic) bond motifs is 1. The fourth-order valence-electron chi connectivity index (χ4n) is 5.55. The van der Waals surface area contributed by atoms with Gasteiger partial charge in [0.2, 0.25) is 10.1 Å². The smallest absolute Gasteiger partial charge is 0.208 e. The molecule has 0 radical (unpaired) electrons. The van der Waals surface area contributed by atoms with Crippen LogP contribution in [0.1, 0.15) is 87.3 Å². The summed E-state index contributed by atoms with van der Waals surface area (Å²) in [6.45, 7) is 5.03. The molecule has 1 saturated carbocycles. The van der Waals surface area contributed by atoms with E-state index in [0.717, 1.165) is 42.2 Å². The summed E-state index contributed by atoms with van der Waals surface area (Å²) in [6, 6.07) is 13.1. The van der Waals surface area contributed by atoms with E-state index in [-0.39, 0.29) is 11.7 Å². The van der Waals surface area contributed by atoms with Crippen LogP contribution in [0, 0.1) is 11.7 Å². The molecule has 3 aliphatic rings. The second-order valence-corrected chi connectivity index (χ2v) is 13.1. The van der Waals surface area contributed by atoms with Gasteiger partial charge >= 0.3 is 0 Å². The summed E-state index contributed by atoms with van der Waals surface area (Å²) in [5.41, 5.74) is 3.74. The molecule has 184 valence electrons. The van der Waals surface area contributed by atoms with E-state index in [0.29, 0.717) is 24.0 Å². The van der Waals surface area contributed by atoms with Crippen molar-refractivity contribution in [1.82, 2.24) is 0 Å². The van der Waals surface area contributed by atoms with Crippen molar-refractivity contribution >= 4 is 23.5 Å². The third kappa shape index (κ3) is 4.97. The minimum Gasteiger partial charge on any atom is -0.490 e. The number of halogens is 1. The number of rotatable bonds is 6. The molecule has 5 rings (SSSR count). The zero-order valence-corrected chi connectivity index (χ0v) is 22.1. The molecule has 2 nitrogen and oxygen atoms in total. The lowest BCUT2D eigenvalue weighted by atomic mass is 9.79. The van der Waals surface area contributed by atoms with Crippen LogP contribution in [0.25, 0.3) is 0 Å². The molecule has 0 N–H and O–H groups in total. The molecule has 1 spiro atoms. The van der Waals surface area contributed by atoms with Crippen LogP contribution in [0.4, 0.5) is 4.39 Å². The van der Waals surface area contributed by atoms with Gasteiger partial charge in [0.25, 0.3) is 0 Å². The van der Waals surface area contributed by atoms with Crippen LogP contribution in [0.5, 0.6) is 11.5 Å². The largest absolute Gasteiger partial charge is 0.490 e. The maximum absolute atomic E-state index is 15.5. The lowest BCUT2D eigenvalue weighted by Gasteiger charge is -2.46. The molecule has 1 aliphatic carbocycles. The van der Waals surface area contributed by atoms with E-state index < -0.39 is 4.27 Å². The monoisotopic (exact) mass is 500 g/mol. The Labute approximate surface area is 212 Å². The number of hydrogen-bond donors (Lipinski definition) is 0. The SMILES string of the molecule is CCCCOc1ccc2c(c1F)OC1(SCCCS1)C(c1ccc(C3CCC(C)CC3)cc1)C2. The number of ether oxygens (including phenoxy) is 2. The summed E-state index contributed by atoms with van der Waals surface area (Å²) in [5.74, 6) is 4.24. The van der Waals surface area contributed by atoms with Crippen LogP contribution in [0.2, 0.25) is 0 Å². The Morgan fingerprint density at radius 1 is 1.00 bits per heavy atom. The zero-order valence-electron chi connectivity index (χ0n) is 20.5. The van der Waals surface area contributed by atoms with Crippen molar-refractivity contribution in [2.24, 2.45) is 5.92 Å².